The number of hydrogen-bond donors (Lipinski definition) is 2. The van der Waals surface area contributed by atoms with E-state index in [1.165, 1.54) is 6.20 Å². The van der Waals surface area contributed by atoms with Gasteiger partial charge in [-0.2, -0.15) is 5.10 Å². The summed E-state index contributed by atoms with van der Waals surface area (Å²) in [5.74, 6) is -0.0502. The quantitative estimate of drug-likeness (QED) is 0.755. The number of carbonyl (C=O) groups excluding carboxylic acids is 1. The Kier molecular flexibility index (Phi) is 3.39. The maximum atomic E-state index is 12.3. The molecule has 7 heteroatoms. The Morgan fingerprint density at radius 3 is 2.89 bits per heavy atom. The molecule has 2 aliphatic rings. The van der Waals surface area contributed by atoms with E-state index in [9.17, 15) is 4.79 Å². The van der Waals surface area contributed by atoms with Crippen LogP contribution in [0.1, 0.15) is 16.9 Å². The number of H-pyrrole nitrogens is 1. The van der Waals surface area contributed by atoms with Gasteiger partial charge in [-0.1, -0.05) is 0 Å². The van der Waals surface area contributed by atoms with Crippen LogP contribution in [-0.4, -0.2) is 71.3 Å². The van der Waals surface area contributed by atoms with E-state index in [0.717, 1.165) is 45.8 Å². The molecule has 1 unspecified atom stereocenters. The summed E-state index contributed by atoms with van der Waals surface area (Å²) in [5.41, 5.74) is 6.54. The monoisotopic (exact) mass is 265 g/mol. The van der Waals surface area contributed by atoms with Crippen molar-refractivity contribution >= 4 is 11.6 Å². The van der Waals surface area contributed by atoms with Crippen molar-refractivity contribution < 1.29 is 9.53 Å². The summed E-state index contributed by atoms with van der Waals surface area (Å²) in [6.45, 7) is 5.03. The fourth-order valence-electron chi connectivity index (χ4n) is 2.79. The largest absolute Gasteiger partial charge is 0.396 e. The van der Waals surface area contributed by atoms with Crippen molar-refractivity contribution in [2.45, 2.75) is 12.5 Å². The summed E-state index contributed by atoms with van der Waals surface area (Å²) in [6, 6.07) is 0.442. The first-order chi connectivity index (χ1) is 9.25. The van der Waals surface area contributed by atoms with E-state index < -0.39 is 0 Å². The predicted octanol–water partition coefficient (Wildman–Crippen LogP) is -0.461. The third kappa shape index (κ3) is 2.43. The summed E-state index contributed by atoms with van der Waals surface area (Å²) >= 11 is 0. The molecular weight excluding hydrogens is 246 g/mol. The molecule has 19 heavy (non-hydrogen) atoms. The fraction of sp³-hybridized carbons (Fsp3) is 0.667. The number of anilines is 1. The van der Waals surface area contributed by atoms with Crippen LogP contribution in [0.2, 0.25) is 0 Å². The van der Waals surface area contributed by atoms with Crippen molar-refractivity contribution in [1.82, 2.24) is 20.0 Å². The van der Waals surface area contributed by atoms with Gasteiger partial charge in [-0.25, -0.2) is 0 Å². The van der Waals surface area contributed by atoms with Gasteiger partial charge in [0.1, 0.15) is 5.69 Å². The number of hydrogen-bond acceptors (Lipinski definition) is 5. The molecule has 2 aliphatic heterocycles. The van der Waals surface area contributed by atoms with Crippen molar-refractivity contribution in [2.24, 2.45) is 0 Å². The highest BCUT2D eigenvalue weighted by Crippen LogP contribution is 2.20. The number of amides is 1. The van der Waals surface area contributed by atoms with Crippen LogP contribution in [0.25, 0.3) is 0 Å². The number of nitrogens with zero attached hydrogens (tertiary/aromatic N) is 3. The van der Waals surface area contributed by atoms with Crippen molar-refractivity contribution in [3.05, 3.63) is 11.9 Å². The van der Waals surface area contributed by atoms with Crippen molar-refractivity contribution in [3.8, 4) is 0 Å². The third-order valence-corrected chi connectivity index (χ3v) is 3.90. The Hall–Kier alpha value is -1.60. The van der Waals surface area contributed by atoms with E-state index in [-0.39, 0.29) is 5.91 Å². The topological polar surface area (TPSA) is 87.5 Å². The molecule has 1 atom stereocenters. The van der Waals surface area contributed by atoms with Crippen molar-refractivity contribution in [3.63, 3.8) is 0 Å². The molecule has 2 saturated heterocycles. The Labute approximate surface area is 111 Å². The van der Waals surface area contributed by atoms with Crippen LogP contribution in [0.15, 0.2) is 6.20 Å². The zero-order valence-electron chi connectivity index (χ0n) is 10.8. The van der Waals surface area contributed by atoms with Gasteiger partial charge in [-0.15, -0.1) is 0 Å². The van der Waals surface area contributed by atoms with E-state index in [4.69, 9.17) is 10.5 Å². The molecule has 0 spiro atoms. The highest BCUT2D eigenvalue weighted by atomic mass is 16.5. The minimum absolute atomic E-state index is 0.0502. The van der Waals surface area contributed by atoms with Crippen LogP contribution < -0.4 is 5.73 Å². The molecule has 3 heterocycles. The Morgan fingerprint density at radius 2 is 2.21 bits per heavy atom. The van der Waals surface area contributed by atoms with Crippen LogP contribution in [0.5, 0.6) is 0 Å². The van der Waals surface area contributed by atoms with E-state index >= 15 is 0 Å². The first kappa shape index (κ1) is 12.4. The molecule has 0 aromatic carbocycles. The number of aromatic nitrogens is 2. The van der Waals surface area contributed by atoms with Crippen LogP contribution >= 0.6 is 0 Å². The number of morpholine rings is 1. The number of rotatable bonds is 2. The number of nitrogens with two attached hydrogens (primary N) is 1. The van der Waals surface area contributed by atoms with Gasteiger partial charge in [-0.3, -0.25) is 14.8 Å². The van der Waals surface area contributed by atoms with Gasteiger partial charge in [0.2, 0.25) is 0 Å². The standard InChI is InChI=1S/C12H19N5O2/c13-10-7-14-15-11(10)12(18)17-2-1-9(8-17)16-3-5-19-6-4-16/h7,9H,1-6,8,13H2,(H,14,15). The molecule has 0 saturated carbocycles. The summed E-state index contributed by atoms with van der Waals surface area (Å²) < 4.78 is 5.36. The average Bonchev–Trinajstić information content (AvgIpc) is 3.08. The minimum atomic E-state index is -0.0502. The lowest BCUT2D eigenvalue weighted by molar-refractivity contribution is 0.0185. The van der Waals surface area contributed by atoms with E-state index in [0.29, 0.717) is 17.4 Å². The lowest BCUT2D eigenvalue weighted by atomic mass is 10.2. The SMILES string of the molecule is Nc1cn[nH]c1C(=O)N1CCC(N2CCOCC2)C1. The van der Waals surface area contributed by atoms with E-state index in [2.05, 4.69) is 15.1 Å². The van der Waals surface area contributed by atoms with Crippen LogP contribution in [0.4, 0.5) is 5.69 Å². The van der Waals surface area contributed by atoms with Gasteiger partial charge < -0.3 is 15.4 Å². The first-order valence-electron chi connectivity index (χ1n) is 6.65. The van der Waals surface area contributed by atoms with Crippen LogP contribution in [0, 0.1) is 0 Å². The van der Waals surface area contributed by atoms with Crippen LogP contribution in [-0.2, 0) is 4.74 Å². The van der Waals surface area contributed by atoms with Gasteiger partial charge in [0.25, 0.3) is 5.91 Å². The van der Waals surface area contributed by atoms with Gasteiger partial charge in [-0.05, 0) is 6.42 Å². The minimum Gasteiger partial charge on any atom is -0.396 e. The molecule has 0 aliphatic carbocycles. The number of nitrogens with one attached hydrogen (secondary N) is 1. The fourth-order valence-corrected chi connectivity index (χ4v) is 2.79. The second-order valence-corrected chi connectivity index (χ2v) is 5.04. The van der Waals surface area contributed by atoms with Crippen LogP contribution in [0.3, 0.4) is 0 Å². The highest BCUT2D eigenvalue weighted by Gasteiger charge is 2.32. The maximum absolute atomic E-state index is 12.3. The van der Waals surface area contributed by atoms with E-state index in [1.807, 2.05) is 4.90 Å². The lowest BCUT2D eigenvalue weighted by Gasteiger charge is -2.32. The third-order valence-electron chi connectivity index (χ3n) is 3.90. The molecular formula is C12H19N5O2. The smallest absolute Gasteiger partial charge is 0.274 e. The molecule has 0 bridgehead atoms. The summed E-state index contributed by atoms with van der Waals surface area (Å²) in [4.78, 5) is 16.5. The summed E-state index contributed by atoms with van der Waals surface area (Å²) in [6.07, 6.45) is 2.49. The normalized spacial score (nSPS) is 24.8. The number of ether oxygens (including phenoxy) is 1. The Morgan fingerprint density at radius 1 is 1.42 bits per heavy atom. The van der Waals surface area contributed by atoms with Gasteiger partial charge in [0.05, 0.1) is 25.1 Å². The molecule has 1 aromatic heterocycles. The molecule has 2 fully saturated rings. The number of nitrogen functional groups attached to an aromatic ring is 1. The van der Waals surface area contributed by atoms with Gasteiger partial charge >= 0.3 is 0 Å². The summed E-state index contributed by atoms with van der Waals surface area (Å²) in [7, 11) is 0. The second-order valence-electron chi connectivity index (χ2n) is 5.04. The lowest BCUT2D eigenvalue weighted by Crippen LogP contribution is -2.45. The molecule has 3 rings (SSSR count). The van der Waals surface area contributed by atoms with Crippen molar-refractivity contribution in [1.29, 1.82) is 0 Å². The maximum Gasteiger partial charge on any atom is 0.274 e. The number of aromatic amines is 1. The Balaban J connectivity index is 1.62. The van der Waals surface area contributed by atoms with E-state index in [1.54, 1.807) is 0 Å². The zero-order chi connectivity index (χ0) is 13.2. The van der Waals surface area contributed by atoms with Crippen molar-refractivity contribution in [2.75, 3.05) is 45.1 Å². The average molecular weight is 265 g/mol. The van der Waals surface area contributed by atoms with Gasteiger partial charge in [0, 0.05) is 32.2 Å². The Bertz CT molecular complexity index is 455. The molecule has 0 radical (unpaired) electrons. The highest BCUT2D eigenvalue weighted by molar-refractivity contribution is 5.97. The molecule has 7 nitrogen and oxygen atoms in total. The second kappa shape index (κ2) is 5.18. The molecule has 1 amide bonds. The summed E-state index contributed by atoms with van der Waals surface area (Å²) in [5, 5.41) is 6.48. The number of carbonyl (C=O) groups is 1. The van der Waals surface area contributed by atoms with Gasteiger partial charge in [0.15, 0.2) is 0 Å². The first-order valence-corrected chi connectivity index (χ1v) is 6.65. The predicted molar refractivity (Wildman–Crippen MR) is 69.7 cm³/mol. The number of likely N-dealkylation sites (tertiary alicyclic amines) is 1. The molecule has 104 valence electrons. The molecule has 3 N–H and O–H groups in total. The molecule has 1 aromatic rings. The zero-order valence-corrected chi connectivity index (χ0v) is 10.8.